The Morgan fingerprint density at radius 2 is 2.36 bits per heavy atom. The number of aromatic nitrogens is 4. The van der Waals surface area contributed by atoms with Crippen molar-refractivity contribution >= 4 is 17.3 Å². The molecule has 1 aliphatic heterocycles. The van der Waals surface area contributed by atoms with E-state index in [2.05, 4.69) is 20.1 Å². The molecular weight excluding hydrogens is 306 g/mol. The van der Waals surface area contributed by atoms with Crippen molar-refractivity contribution in [3.63, 3.8) is 0 Å². The van der Waals surface area contributed by atoms with Gasteiger partial charge in [-0.2, -0.15) is 5.10 Å². The number of anilines is 1. The second kappa shape index (κ2) is 6.10. The van der Waals surface area contributed by atoms with Crippen molar-refractivity contribution in [2.75, 3.05) is 18.6 Å². The van der Waals surface area contributed by atoms with Gasteiger partial charge in [0.1, 0.15) is 0 Å². The summed E-state index contributed by atoms with van der Waals surface area (Å²) in [7, 11) is 1.69. The van der Waals surface area contributed by atoms with Gasteiger partial charge < -0.3 is 9.64 Å². The number of nitrogens with zero attached hydrogens (tertiary/aromatic N) is 4. The molecule has 0 saturated carbocycles. The summed E-state index contributed by atoms with van der Waals surface area (Å²) in [5, 5.41) is 7.32. The van der Waals surface area contributed by atoms with Gasteiger partial charge in [-0.05, 0) is 13.0 Å². The lowest BCUT2D eigenvalue weighted by molar-refractivity contribution is 0.118. The Balaban J connectivity index is 2.03. The fourth-order valence-electron chi connectivity index (χ4n) is 2.97. The lowest BCUT2D eigenvalue weighted by Gasteiger charge is -2.26. The Bertz CT molecular complexity index is 713. The first-order valence-electron chi connectivity index (χ1n) is 7.19. The molecular formula is C14H18ClN5O2. The van der Waals surface area contributed by atoms with Gasteiger partial charge in [0.25, 0.3) is 0 Å². The van der Waals surface area contributed by atoms with Crippen molar-refractivity contribution in [3.8, 4) is 0 Å². The van der Waals surface area contributed by atoms with Crippen LogP contribution in [0.25, 0.3) is 0 Å². The number of hydrogen-bond donors (Lipinski definition) is 1. The highest BCUT2D eigenvalue weighted by molar-refractivity contribution is 6.33. The topological polar surface area (TPSA) is 76.0 Å². The molecule has 22 heavy (non-hydrogen) atoms. The molecule has 2 atom stereocenters. The minimum absolute atomic E-state index is 0.0614. The van der Waals surface area contributed by atoms with E-state index >= 15 is 0 Å². The summed E-state index contributed by atoms with van der Waals surface area (Å²) in [4.78, 5) is 18.0. The summed E-state index contributed by atoms with van der Waals surface area (Å²) in [5.41, 5.74) is 0.679. The van der Waals surface area contributed by atoms with Crippen LogP contribution < -0.4 is 10.6 Å². The molecule has 0 unspecified atom stereocenters. The summed E-state index contributed by atoms with van der Waals surface area (Å²) >= 11 is 6.29. The van der Waals surface area contributed by atoms with Crippen LogP contribution >= 0.6 is 11.6 Å². The number of pyridine rings is 1. The fourth-order valence-corrected chi connectivity index (χ4v) is 3.20. The number of methoxy groups -OCH3 is 1. The van der Waals surface area contributed by atoms with Gasteiger partial charge in [0, 0.05) is 39.0 Å². The summed E-state index contributed by atoms with van der Waals surface area (Å²) in [6.07, 6.45) is 4.13. The summed E-state index contributed by atoms with van der Waals surface area (Å²) in [6.45, 7) is 3.18. The van der Waals surface area contributed by atoms with Crippen molar-refractivity contribution in [1.82, 2.24) is 19.7 Å². The van der Waals surface area contributed by atoms with Crippen molar-refractivity contribution in [2.24, 2.45) is 0 Å². The molecule has 0 amide bonds. The molecule has 0 radical (unpaired) electrons. The fraction of sp³-hybridized carbons (Fsp3) is 0.500. The summed E-state index contributed by atoms with van der Waals surface area (Å²) in [6, 6.07) is 1.80. The number of nitrogens with one attached hydrogen (secondary N) is 1. The molecule has 0 aromatic carbocycles. The molecule has 1 N–H and O–H groups in total. The lowest BCUT2D eigenvalue weighted by Crippen LogP contribution is -2.28. The van der Waals surface area contributed by atoms with Crippen LogP contribution in [0, 0.1) is 0 Å². The molecule has 0 spiro atoms. The zero-order valence-electron chi connectivity index (χ0n) is 12.5. The number of hydrogen-bond acceptors (Lipinski definition) is 5. The van der Waals surface area contributed by atoms with Gasteiger partial charge in [0.2, 0.25) is 0 Å². The van der Waals surface area contributed by atoms with E-state index < -0.39 is 0 Å². The zero-order valence-corrected chi connectivity index (χ0v) is 13.2. The van der Waals surface area contributed by atoms with E-state index in [9.17, 15) is 4.79 Å². The van der Waals surface area contributed by atoms with E-state index in [1.54, 1.807) is 24.1 Å². The first-order chi connectivity index (χ1) is 10.7. The van der Waals surface area contributed by atoms with Crippen LogP contribution in [0.15, 0.2) is 23.3 Å². The normalized spacial score (nSPS) is 21.5. The number of aromatic amines is 1. The molecule has 0 aliphatic carbocycles. The Morgan fingerprint density at radius 1 is 1.55 bits per heavy atom. The Morgan fingerprint density at radius 3 is 3.05 bits per heavy atom. The molecule has 1 fully saturated rings. The molecule has 3 rings (SSSR count). The molecule has 0 bridgehead atoms. The van der Waals surface area contributed by atoms with Crippen LogP contribution in [0.2, 0.25) is 5.02 Å². The highest BCUT2D eigenvalue weighted by Gasteiger charge is 2.37. The van der Waals surface area contributed by atoms with Crippen LogP contribution in [0.5, 0.6) is 0 Å². The van der Waals surface area contributed by atoms with E-state index in [0.29, 0.717) is 23.9 Å². The Kier molecular flexibility index (Phi) is 4.17. The standard InChI is InChI=1S/C14H18ClN5O2/c1-3-19-13(17-18-14(19)21)12-6-9(22-2)8-20(12)11-4-5-16-7-10(11)15/h4-5,7,9,12H,3,6,8H2,1-2H3,(H,18,21)/t9-,12-/m0/s1. The second-order valence-electron chi connectivity index (χ2n) is 5.22. The van der Waals surface area contributed by atoms with Gasteiger partial charge in [0.15, 0.2) is 5.82 Å². The third kappa shape index (κ3) is 2.50. The monoisotopic (exact) mass is 323 g/mol. The average molecular weight is 324 g/mol. The minimum atomic E-state index is -0.195. The predicted octanol–water partition coefficient (Wildman–Crippen LogP) is 1.61. The molecule has 1 saturated heterocycles. The second-order valence-corrected chi connectivity index (χ2v) is 5.63. The third-order valence-electron chi connectivity index (χ3n) is 4.06. The maximum absolute atomic E-state index is 11.8. The zero-order chi connectivity index (χ0) is 15.7. The molecule has 2 aromatic rings. The van der Waals surface area contributed by atoms with Gasteiger partial charge in [0.05, 0.1) is 22.9 Å². The molecule has 2 aromatic heterocycles. The molecule has 7 nitrogen and oxygen atoms in total. The molecule has 118 valence electrons. The van der Waals surface area contributed by atoms with Crippen molar-refractivity contribution in [2.45, 2.75) is 32.0 Å². The lowest BCUT2D eigenvalue weighted by atomic mass is 10.1. The maximum Gasteiger partial charge on any atom is 0.343 e. The van der Waals surface area contributed by atoms with Crippen LogP contribution in [0.3, 0.4) is 0 Å². The first kappa shape index (κ1) is 15.1. The van der Waals surface area contributed by atoms with Gasteiger partial charge in [-0.1, -0.05) is 11.6 Å². The van der Waals surface area contributed by atoms with Crippen LogP contribution in [-0.4, -0.2) is 39.5 Å². The predicted molar refractivity (Wildman–Crippen MR) is 83.3 cm³/mol. The number of H-pyrrole nitrogens is 1. The third-order valence-corrected chi connectivity index (χ3v) is 4.35. The van der Waals surface area contributed by atoms with Gasteiger partial charge in [-0.15, -0.1) is 0 Å². The number of rotatable bonds is 4. The molecule has 3 heterocycles. The van der Waals surface area contributed by atoms with Crippen molar-refractivity contribution < 1.29 is 4.74 Å². The summed E-state index contributed by atoms with van der Waals surface area (Å²) < 4.78 is 7.15. The van der Waals surface area contributed by atoms with E-state index in [4.69, 9.17) is 16.3 Å². The highest BCUT2D eigenvalue weighted by Crippen LogP contribution is 2.38. The maximum atomic E-state index is 11.8. The SMILES string of the molecule is CCn1c([C@@H]2C[C@H](OC)CN2c2ccncc2Cl)n[nH]c1=O. The van der Waals surface area contributed by atoms with Crippen LogP contribution in [0.1, 0.15) is 25.2 Å². The van der Waals surface area contributed by atoms with E-state index in [1.807, 2.05) is 13.0 Å². The van der Waals surface area contributed by atoms with Crippen molar-refractivity contribution in [3.05, 3.63) is 39.8 Å². The number of halogens is 1. The quantitative estimate of drug-likeness (QED) is 0.925. The molecule has 1 aliphatic rings. The Labute approximate surface area is 132 Å². The van der Waals surface area contributed by atoms with Crippen molar-refractivity contribution in [1.29, 1.82) is 0 Å². The van der Waals surface area contributed by atoms with Gasteiger partial charge in [-0.3, -0.25) is 9.55 Å². The largest absolute Gasteiger partial charge is 0.380 e. The minimum Gasteiger partial charge on any atom is -0.380 e. The Hall–Kier alpha value is -1.86. The van der Waals surface area contributed by atoms with Gasteiger partial charge in [-0.25, -0.2) is 9.89 Å². The first-order valence-corrected chi connectivity index (χ1v) is 7.57. The van der Waals surface area contributed by atoms with E-state index in [0.717, 1.165) is 12.1 Å². The average Bonchev–Trinajstić information content (AvgIpc) is 3.10. The van der Waals surface area contributed by atoms with E-state index in [-0.39, 0.29) is 17.8 Å². The summed E-state index contributed by atoms with van der Waals surface area (Å²) in [5.74, 6) is 0.708. The molecule has 8 heteroatoms. The van der Waals surface area contributed by atoms with Gasteiger partial charge >= 0.3 is 5.69 Å². The smallest absolute Gasteiger partial charge is 0.343 e. The highest BCUT2D eigenvalue weighted by atomic mass is 35.5. The number of ether oxygens (including phenoxy) is 1. The van der Waals surface area contributed by atoms with E-state index in [1.165, 1.54) is 0 Å². The van der Waals surface area contributed by atoms with Crippen LogP contribution in [-0.2, 0) is 11.3 Å². The van der Waals surface area contributed by atoms with Crippen LogP contribution in [0.4, 0.5) is 5.69 Å².